The smallest absolute Gasteiger partial charge is 0.0818 e. The first-order valence-electron chi connectivity index (χ1n) is 9.88. The van der Waals surface area contributed by atoms with E-state index in [1.807, 2.05) is 20.8 Å². The molecule has 2 nitrogen and oxygen atoms in total. The summed E-state index contributed by atoms with van der Waals surface area (Å²) in [6.07, 6.45) is 17.8. The fourth-order valence-electron chi connectivity index (χ4n) is 3.21. The average Bonchev–Trinajstić information content (AvgIpc) is 2.47. The topological polar surface area (TPSA) is 46.2 Å². The van der Waals surface area contributed by atoms with Gasteiger partial charge in [-0.2, -0.15) is 0 Å². The number of aliphatic hydroxyl groups is 1. The highest BCUT2D eigenvalue weighted by Crippen LogP contribution is 2.29. The van der Waals surface area contributed by atoms with Gasteiger partial charge in [0.05, 0.1) is 5.60 Å². The molecular weight excluding hydrogens is 270 g/mol. The van der Waals surface area contributed by atoms with Crippen molar-refractivity contribution in [3.63, 3.8) is 0 Å². The van der Waals surface area contributed by atoms with Crippen LogP contribution < -0.4 is 5.73 Å². The van der Waals surface area contributed by atoms with Crippen LogP contribution in [0.15, 0.2) is 0 Å². The lowest BCUT2D eigenvalue weighted by atomic mass is 9.77. The summed E-state index contributed by atoms with van der Waals surface area (Å²) >= 11 is 0. The Morgan fingerprint density at radius 3 is 1.36 bits per heavy atom. The molecule has 1 atom stereocenters. The molecule has 0 aliphatic rings. The Bertz CT molecular complexity index is 247. The molecule has 22 heavy (non-hydrogen) atoms. The van der Waals surface area contributed by atoms with Gasteiger partial charge in [0.1, 0.15) is 0 Å². The molecule has 0 fully saturated rings. The minimum absolute atomic E-state index is 0.500. The first-order chi connectivity index (χ1) is 10.4. The molecular formula is C20H43NO. The minimum atomic E-state index is -0.703. The Hall–Kier alpha value is -0.0800. The highest BCUT2D eigenvalue weighted by molar-refractivity contribution is 4.96. The molecule has 0 aromatic carbocycles. The van der Waals surface area contributed by atoms with Crippen LogP contribution >= 0.6 is 0 Å². The summed E-state index contributed by atoms with van der Waals surface area (Å²) in [5.74, 6) is 0. The zero-order chi connectivity index (χ0) is 16.9. The predicted octanol–water partition coefficient (Wildman–Crippen LogP) is 5.96. The second kappa shape index (κ2) is 12.4. The van der Waals surface area contributed by atoms with Crippen LogP contribution in [0, 0.1) is 0 Å². The molecule has 0 aromatic rings. The normalized spacial score (nSPS) is 15.0. The molecule has 0 rings (SSSR count). The van der Waals surface area contributed by atoms with Gasteiger partial charge in [-0.25, -0.2) is 0 Å². The lowest BCUT2D eigenvalue weighted by Gasteiger charge is -2.39. The average molecular weight is 314 g/mol. The minimum Gasteiger partial charge on any atom is -0.388 e. The van der Waals surface area contributed by atoms with Gasteiger partial charge >= 0.3 is 0 Å². The third kappa shape index (κ3) is 9.84. The van der Waals surface area contributed by atoms with Crippen molar-refractivity contribution in [1.29, 1.82) is 0 Å². The second-order valence-electron chi connectivity index (χ2n) is 7.75. The van der Waals surface area contributed by atoms with Crippen LogP contribution in [0.25, 0.3) is 0 Å². The van der Waals surface area contributed by atoms with Crippen LogP contribution in [0.4, 0.5) is 0 Å². The second-order valence-corrected chi connectivity index (χ2v) is 7.75. The highest BCUT2D eigenvalue weighted by Gasteiger charge is 2.38. The van der Waals surface area contributed by atoms with E-state index in [0.29, 0.717) is 0 Å². The maximum Gasteiger partial charge on any atom is 0.0818 e. The van der Waals surface area contributed by atoms with E-state index in [2.05, 4.69) is 6.92 Å². The molecule has 0 aromatic heterocycles. The van der Waals surface area contributed by atoms with E-state index in [9.17, 15) is 5.11 Å². The van der Waals surface area contributed by atoms with Crippen LogP contribution in [0.5, 0.6) is 0 Å². The number of nitrogens with two attached hydrogens (primary N) is 1. The van der Waals surface area contributed by atoms with Gasteiger partial charge in [0.2, 0.25) is 0 Å². The quantitative estimate of drug-likeness (QED) is 0.367. The molecule has 0 saturated heterocycles. The summed E-state index contributed by atoms with van der Waals surface area (Å²) in [5, 5.41) is 10.6. The Morgan fingerprint density at radius 2 is 1.05 bits per heavy atom. The standard InChI is InChI=1S/C20H43NO/c1-5-7-8-9-10-11-12-13-14-15-16-17-18-20(22,6-2)19(3,4)21/h22H,5-18,21H2,1-4H3. The summed E-state index contributed by atoms with van der Waals surface area (Å²) in [5.41, 5.74) is 4.91. The molecule has 0 bridgehead atoms. The SMILES string of the molecule is CCCCCCCCCCCCCCC(O)(CC)C(C)(C)N. The van der Waals surface area contributed by atoms with Crippen molar-refractivity contribution >= 4 is 0 Å². The van der Waals surface area contributed by atoms with Crippen LogP contribution in [0.1, 0.15) is 118 Å². The first kappa shape index (κ1) is 21.9. The lowest BCUT2D eigenvalue weighted by Crippen LogP contribution is -2.56. The van der Waals surface area contributed by atoms with Crippen LogP contribution in [0.3, 0.4) is 0 Å². The maximum absolute atomic E-state index is 10.6. The number of hydrogen-bond donors (Lipinski definition) is 2. The van der Waals surface area contributed by atoms with Crippen molar-refractivity contribution < 1.29 is 5.11 Å². The Labute approximate surface area is 140 Å². The third-order valence-corrected chi connectivity index (χ3v) is 5.23. The molecule has 134 valence electrons. The zero-order valence-electron chi connectivity index (χ0n) is 15.9. The van der Waals surface area contributed by atoms with Gasteiger partial charge in [-0.3, -0.25) is 0 Å². The summed E-state index contributed by atoms with van der Waals surface area (Å²) in [4.78, 5) is 0. The van der Waals surface area contributed by atoms with Crippen molar-refractivity contribution in [2.45, 2.75) is 129 Å². The molecule has 0 saturated carbocycles. The summed E-state index contributed by atoms with van der Waals surface area (Å²) in [6, 6.07) is 0. The van der Waals surface area contributed by atoms with E-state index in [1.54, 1.807) is 0 Å². The van der Waals surface area contributed by atoms with Gasteiger partial charge in [-0.05, 0) is 26.7 Å². The number of hydrogen-bond acceptors (Lipinski definition) is 2. The van der Waals surface area contributed by atoms with Crippen molar-refractivity contribution in [2.75, 3.05) is 0 Å². The molecule has 0 amide bonds. The van der Waals surface area contributed by atoms with E-state index in [-0.39, 0.29) is 0 Å². The largest absolute Gasteiger partial charge is 0.388 e. The Kier molecular flexibility index (Phi) is 12.3. The summed E-state index contributed by atoms with van der Waals surface area (Å²) in [6.45, 7) is 8.19. The summed E-state index contributed by atoms with van der Waals surface area (Å²) < 4.78 is 0. The molecule has 0 radical (unpaired) electrons. The van der Waals surface area contributed by atoms with Gasteiger partial charge in [-0.1, -0.05) is 90.9 Å². The lowest BCUT2D eigenvalue weighted by molar-refractivity contribution is -0.0341. The highest BCUT2D eigenvalue weighted by atomic mass is 16.3. The third-order valence-electron chi connectivity index (χ3n) is 5.23. The van der Waals surface area contributed by atoms with E-state index in [1.165, 1.54) is 70.6 Å². The fourth-order valence-corrected chi connectivity index (χ4v) is 3.21. The van der Waals surface area contributed by atoms with Crippen molar-refractivity contribution in [1.82, 2.24) is 0 Å². The predicted molar refractivity (Wildman–Crippen MR) is 99.2 cm³/mol. The molecule has 3 N–H and O–H groups in total. The van der Waals surface area contributed by atoms with Crippen LogP contribution in [-0.4, -0.2) is 16.2 Å². The molecule has 0 aliphatic heterocycles. The van der Waals surface area contributed by atoms with E-state index < -0.39 is 11.1 Å². The molecule has 1 unspecified atom stereocenters. The van der Waals surface area contributed by atoms with Crippen LogP contribution in [-0.2, 0) is 0 Å². The van der Waals surface area contributed by atoms with Gasteiger partial charge in [0, 0.05) is 5.54 Å². The van der Waals surface area contributed by atoms with Gasteiger partial charge in [0.15, 0.2) is 0 Å². The number of rotatable bonds is 15. The first-order valence-corrected chi connectivity index (χ1v) is 9.88. The molecule has 2 heteroatoms. The number of unbranched alkanes of at least 4 members (excludes halogenated alkanes) is 11. The molecule has 0 heterocycles. The van der Waals surface area contributed by atoms with Crippen molar-refractivity contribution in [3.8, 4) is 0 Å². The van der Waals surface area contributed by atoms with Gasteiger partial charge in [-0.15, -0.1) is 0 Å². The Balaban J connectivity index is 3.43. The van der Waals surface area contributed by atoms with E-state index in [0.717, 1.165) is 19.3 Å². The van der Waals surface area contributed by atoms with Crippen molar-refractivity contribution in [2.24, 2.45) is 5.73 Å². The zero-order valence-corrected chi connectivity index (χ0v) is 15.9. The van der Waals surface area contributed by atoms with Crippen molar-refractivity contribution in [3.05, 3.63) is 0 Å². The van der Waals surface area contributed by atoms with Gasteiger partial charge < -0.3 is 10.8 Å². The van der Waals surface area contributed by atoms with E-state index in [4.69, 9.17) is 5.73 Å². The van der Waals surface area contributed by atoms with Crippen LogP contribution in [0.2, 0.25) is 0 Å². The maximum atomic E-state index is 10.6. The fraction of sp³-hybridized carbons (Fsp3) is 1.00. The van der Waals surface area contributed by atoms with E-state index >= 15 is 0 Å². The molecule has 0 aliphatic carbocycles. The monoisotopic (exact) mass is 313 g/mol. The summed E-state index contributed by atoms with van der Waals surface area (Å²) in [7, 11) is 0. The Morgan fingerprint density at radius 1 is 0.682 bits per heavy atom. The molecule has 0 spiro atoms. The van der Waals surface area contributed by atoms with Gasteiger partial charge in [0.25, 0.3) is 0 Å².